The Morgan fingerprint density at radius 3 is 2.17 bits per heavy atom. The van der Waals surface area contributed by atoms with Crippen LogP contribution >= 0.6 is 0 Å². The first-order valence-electron chi connectivity index (χ1n) is 6.29. The molecule has 0 bridgehead atoms. The van der Waals surface area contributed by atoms with Crippen molar-refractivity contribution >= 4 is 0 Å². The largest absolute Gasteiger partial charge is 0.206 e. The fourth-order valence-corrected chi connectivity index (χ4v) is 2.13. The van der Waals surface area contributed by atoms with Gasteiger partial charge in [-0.3, -0.25) is 0 Å². The van der Waals surface area contributed by atoms with E-state index in [-0.39, 0.29) is 11.2 Å². The standard InChI is InChI=1S/C17H19F/c1-17(2,3)12-13-9-10-15(16(18)11-13)14-7-5-4-6-8-14/h4-11H,12H2,1-3H3. The number of hydrogen-bond donors (Lipinski definition) is 0. The van der Waals surface area contributed by atoms with E-state index in [1.165, 1.54) is 0 Å². The Morgan fingerprint density at radius 1 is 0.944 bits per heavy atom. The van der Waals surface area contributed by atoms with Crippen LogP contribution in [0.2, 0.25) is 0 Å². The van der Waals surface area contributed by atoms with Gasteiger partial charge in [0.05, 0.1) is 0 Å². The normalized spacial score (nSPS) is 11.6. The molecule has 2 aromatic rings. The molecule has 2 rings (SSSR count). The van der Waals surface area contributed by atoms with Gasteiger partial charge in [0.25, 0.3) is 0 Å². The minimum absolute atomic E-state index is 0.136. The molecular formula is C17H19F. The highest BCUT2D eigenvalue weighted by atomic mass is 19.1. The average Bonchev–Trinajstić information content (AvgIpc) is 2.28. The summed E-state index contributed by atoms with van der Waals surface area (Å²) >= 11 is 0. The molecule has 0 nitrogen and oxygen atoms in total. The third kappa shape index (κ3) is 3.19. The number of benzene rings is 2. The van der Waals surface area contributed by atoms with Gasteiger partial charge in [-0.2, -0.15) is 0 Å². The van der Waals surface area contributed by atoms with Crippen molar-refractivity contribution in [2.75, 3.05) is 0 Å². The Bertz CT molecular complexity index is 521. The molecule has 0 N–H and O–H groups in total. The zero-order chi connectivity index (χ0) is 13.2. The van der Waals surface area contributed by atoms with Crippen LogP contribution in [0.1, 0.15) is 26.3 Å². The third-order valence-corrected chi connectivity index (χ3v) is 2.85. The number of halogens is 1. The van der Waals surface area contributed by atoms with Crippen LogP contribution in [0.3, 0.4) is 0 Å². The second-order valence-corrected chi connectivity index (χ2v) is 5.92. The van der Waals surface area contributed by atoms with Gasteiger partial charge in [-0.25, -0.2) is 4.39 Å². The molecule has 2 aromatic carbocycles. The van der Waals surface area contributed by atoms with E-state index in [1.54, 1.807) is 6.07 Å². The number of rotatable bonds is 2. The van der Waals surface area contributed by atoms with Gasteiger partial charge in [0.1, 0.15) is 5.82 Å². The van der Waals surface area contributed by atoms with Crippen LogP contribution in [0, 0.1) is 11.2 Å². The maximum Gasteiger partial charge on any atom is 0.131 e. The Labute approximate surface area is 108 Å². The van der Waals surface area contributed by atoms with Gasteiger partial charge in [0.15, 0.2) is 0 Å². The smallest absolute Gasteiger partial charge is 0.131 e. The molecule has 0 fully saturated rings. The summed E-state index contributed by atoms with van der Waals surface area (Å²) < 4.78 is 14.1. The molecular weight excluding hydrogens is 223 g/mol. The van der Waals surface area contributed by atoms with Crippen LogP contribution in [-0.2, 0) is 6.42 Å². The molecule has 0 saturated carbocycles. The van der Waals surface area contributed by atoms with Crippen molar-refractivity contribution in [3.8, 4) is 11.1 Å². The van der Waals surface area contributed by atoms with Crippen molar-refractivity contribution < 1.29 is 4.39 Å². The maximum absolute atomic E-state index is 14.1. The van der Waals surface area contributed by atoms with E-state index in [1.807, 2.05) is 42.5 Å². The van der Waals surface area contributed by atoms with Crippen LogP contribution in [0.15, 0.2) is 48.5 Å². The zero-order valence-corrected chi connectivity index (χ0v) is 11.2. The second kappa shape index (κ2) is 4.93. The fraction of sp³-hybridized carbons (Fsp3) is 0.294. The van der Waals surface area contributed by atoms with Crippen molar-refractivity contribution in [3.63, 3.8) is 0 Å². The summed E-state index contributed by atoms with van der Waals surface area (Å²) in [4.78, 5) is 0. The van der Waals surface area contributed by atoms with Gasteiger partial charge in [0.2, 0.25) is 0 Å². The molecule has 0 aliphatic carbocycles. The summed E-state index contributed by atoms with van der Waals surface area (Å²) in [5.74, 6) is -0.136. The van der Waals surface area contributed by atoms with E-state index in [0.717, 1.165) is 17.5 Å². The molecule has 0 unspecified atom stereocenters. The lowest BCUT2D eigenvalue weighted by molar-refractivity contribution is 0.410. The first kappa shape index (κ1) is 12.8. The van der Waals surface area contributed by atoms with Crippen LogP contribution in [-0.4, -0.2) is 0 Å². The van der Waals surface area contributed by atoms with E-state index in [4.69, 9.17) is 0 Å². The lowest BCUT2D eigenvalue weighted by atomic mass is 9.87. The van der Waals surface area contributed by atoms with Crippen LogP contribution < -0.4 is 0 Å². The van der Waals surface area contributed by atoms with Crippen LogP contribution in [0.4, 0.5) is 4.39 Å². The minimum Gasteiger partial charge on any atom is -0.206 e. The average molecular weight is 242 g/mol. The molecule has 0 aromatic heterocycles. The molecule has 0 aliphatic heterocycles. The zero-order valence-electron chi connectivity index (χ0n) is 11.2. The molecule has 94 valence electrons. The van der Waals surface area contributed by atoms with Gasteiger partial charge in [-0.1, -0.05) is 63.2 Å². The van der Waals surface area contributed by atoms with E-state index in [0.29, 0.717) is 5.56 Å². The molecule has 18 heavy (non-hydrogen) atoms. The van der Waals surface area contributed by atoms with Gasteiger partial charge >= 0.3 is 0 Å². The lowest BCUT2D eigenvalue weighted by Crippen LogP contribution is -2.09. The Hall–Kier alpha value is -1.63. The van der Waals surface area contributed by atoms with Crippen molar-refractivity contribution in [1.29, 1.82) is 0 Å². The van der Waals surface area contributed by atoms with Gasteiger partial charge in [-0.05, 0) is 29.0 Å². The van der Waals surface area contributed by atoms with Crippen LogP contribution in [0.5, 0.6) is 0 Å². The molecule has 0 aliphatic rings. The maximum atomic E-state index is 14.1. The quantitative estimate of drug-likeness (QED) is 0.688. The van der Waals surface area contributed by atoms with Crippen molar-refractivity contribution in [2.45, 2.75) is 27.2 Å². The van der Waals surface area contributed by atoms with Crippen molar-refractivity contribution in [2.24, 2.45) is 5.41 Å². The predicted octanol–water partition coefficient (Wildman–Crippen LogP) is 5.08. The van der Waals surface area contributed by atoms with Gasteiger partial charge < -0.3 is 0 Å². The second-order valence-electron chi connectivity index (χ2n) is 5.92. The molecule has 0 atom stereocenters. The van der Waals surface area contributed by atoms with Crippen molar-refractivity contribution in [3.05, 3.63) is 59.9 Å². The monoisotopic (exact) mass is 242 g/mol. The van der Waals surface area contributed by atoms with E-state index >= 15 is 0 Å². The summed E-state index contributed by atoms with van der Waals surface area (Å²) in [6.07, 6.45) is 0.888. The summed E-state index contributed by atoms with van der Waals surface area (Å²) in [7, 11) is 0. The highest BCUT2D eigenvalue weighted by Gasteiger charge is 2.13. The Kier molecular flexibility index (Phi) is 3.51. The molecule has 0 heterocycles. The molecule has 0 saturated heterocycles. The lowest BCUT2D eigenvalue weighted by Gasteiger charge is -2.18. The van der Waals surface area contributed by atoms with E-state index < -0.39 is 0 Å². The first-order chi connectivity index (χ1) is 8.46. The molecule has 0 spiro atoms. The van der Waals surface area contributed by atoms with Crippen LogP contribution in [0.25, 0.3) is 11.1 Å². The van der Waals surface area contributed by atoms with Gasteiger partial charge in [-0.15, -0.1) is 0 Å². The van der Waals surface area contributed by atoms with E-state index in [2.05, 4.69) is 20.8 Å². The predicted molar refractivity (Wildman–Crippen MR) is 75.0 cm³/mol. The van der Waals surface area contributed by atoms with Gasteiger partial charge in [0, 0.05) is 5.56 Å². The summed E-state index contributed by atoms with van der Waals surface area (Å²) in [6.45, 7) is 6.49. The first-order valence-corrected chi connectivity index (χ1v) is 6.29. The molecule has 0 radical (unpaired) electrons. The Morgan fingerprint density at radius 2 is 1.61 bits per heavy atom. The number of hydrogen-bond acceptors (Lipinski definition) is 0. The molecule has 1 heteroatoms. The summed E-state index contributed by atoms with van der Waals surface area (Å²) in [5, 5.41) is 0. The Balaban J connectivity index is 2.32. The minimum atomic E-state index is -0.136. The third-order valence-electron chi connectivity index (χ3n) is 2.85. The topological polar surface area (TPSA) is 0 Å². The van der Waals surface area contributed by atoms with Crippen molar-refractivity contribution in [1.82, 2.24) is 0 Å². The summed E-state index contributed by atoms with van der Waals surface area (Å²) in [5.41, 5.74) is 2.84. The molecule has 0 amide bonds. The fourth-order valence-electron chi connectivity index (χ4n) is 2.13. The SMILES string of the molecule is CC(C)(C)Cc1ccc(-c2ccccc2)c(F)c1. The van der Waals surface area contributed by atoms with E-state index in [9.17, 15) is 4.39 Å². The summed E-state index contributed by atoms with van der Waals surface area (Å²) in [6, 6.07) is 15.2. The highest BCUT2D eigenvalue weighted by Crippen LogP contribution is 2.26. The highest BCUT2D eigenvalue weighted by molar-refractivity contribution is 5.64.